The van der Waals surface area contributed by atoms with E-state index >= 15 is 0 Å². The van der Waals surface area contributed by atoms with E-state index in [0.29, 0.717) is 19.0 Å². The Bertz CT molecular complexity index is 286. The van der Waals surface area contributed by atoms with Crippen molar-refractivity contribution in [3.63, 3.8) is 0 Å². The van der Waals surface area contributed by atoms with E-state index in [1.807, 2.05) is 20.8 Å². The summed E-state index contributed by atoms with van der Waals surface area (Å²) in [5.41, 5.74) is -0.484. The molecule has 2 N–H and O–H groups in total. The van der Waals surface area contributed by atoms with Crippen molar-refractivity contribution in [2.24, 2.45) is 5.92 Å². The monoisotopic (exact) mass is 304 g/mol. The smallest absolute Gasteiger partial charge is 0.407 e. The third-order valence-corrected chi connectivity index (χ3v) is 2.75. The van der Waals surface area contributed by atoms with Gasteiger partial charge in [-0.05, 0) is 33.1 Å². The number of alkyl carbamates (subject to hydrolysis) is 1. The summed E-state index contributed by atoms with van der Waals surface area (Å²) in [6, 6.07) is 0.144. The summed E-state index contributed by atoms with van der Waals surface area (Å²) < 4.78 is 15.5. The maximum atomic E-state index is 11.7. The van der Waals surface area contributed by atoms with Crippen LogP contribution < -0.4 is 10.6 Å². The molecule has 0 aromatic heterocycles. The molecule has 6 nitrogen and oxygen atoms in total. The molecule has 0 bridgehead atoms. The van der Waals surface area contributed by atoms with Crippen LogP contribution in [0.15, 0.2) is 0 Å². The first kappa shape index (κ1) is 20.1. The molecule has 1 amide bonds. The van der Waals surface area contributed by atoms with Gasteiger partial charge in [0.05, 0.1) is 0 Å². The molecular formula is C15H32N2O4. The molecule has 1 unspecified atom stereocenters. The van der Waals surface area contributed by atoms with Crippen molar-refractivity contribution in [2.45, 2.75) is 59.0 Å². The first-order valence-electron chi connectivity index (χ1n) is 7.43. The second-order valence-corrected chi connectivity index (χ2v) is 6.52. The highest BCUT2D eigenvalue weighted by molar-refractivity contribution is 5.67. The lowest BCUT2D eigenvalue weighted by atomic mass is 10.0. The number of methoxy groups -OCH3 is 2. The number of hydrogen-bond acceptors (Lipinski definition) is 5. The lowest BCUT2D eigenvalue weighted by Gasteiger charge is -2.25. The molecule has 0 aliphatic heterocycles. The zero-order valence-electron chi connectivity index (χ0n) is 14.5. The number of hydrogen-bond donors (Lipinski definition) is 2. The molecule has 0 heterocycles. The molecule has 0 rings (SSSR count). The maximum absolute atomic E-state index is 11.7. The fourth-order valence-corrected chi connectivity index (χ4v) is 1.85. The van der Waals surface area contributed by atoms with E-state index < -0.39 is 11.7 Å². The lowest BCUT2D eigenvalue weighted by molar-refractivity contribution is -0.1000. The minimum Gasteiger partial charge on any atom is -0.444 e. The van der Waals surface area contributed by atoms with Gasteiger partial charge in [-0.3, -0.25) is 0 Å². The molecule has 0 fully saturated rings. The van der Waals surface area contributed by atoms with E-state index in [-0.39, 0.29) is 12.3 Å². The fraction of sp³-hybridized carbons (Fsp3) is 0.933. The van der Waals surface area contributed by atoms with Gasteiger partial charge in [0.2, 0.25) is 0 Å². The Morgan fingerprint density at radius 1 is 1.10 bits per heavy atom. The third-order valence-electron chi connectivity index (χ3n) is 2.75. The van der Waals surface area contributed by atoms with Crippen LogP contribution in [-0.4, -0.2) is 51.3 Å². The minimum atomic E-state index is -0.484. The number of ether oxygens (including phenoxy) is 3. The first-order valence-corrected chi connectivity index (χ1v) is 7.43. The van der Waals surface area contributed by atoms with Crippen LogP contribution in [0.2, 0.25) is 0 Å². The second kappa shape index (κ2) is 9.97. The van der Waals surface area contributed by atoms with Gasteiger partial charge in [-0.1, -0.05) is 13.8 Å². The average molecular weight is 304 g/mol. The largest absolute Gasteiger partial charge is 0.444 e. The van der Waals surface area contributed by atoms with Gasteiger partial charge >= 0.3 is 6.09 Å². The van der Waals surface area contributed by atoms with Gasteiger partial charge in [-0.2, -0.15) is 0 Å². The molecule has 0 saturated heterocycles. The van der Waals surface area contributed by atoms with Crippen LogP contribution in [0.25, 0.3) is 0 Å². The quantitative estimate of drug-likeness (QED) is 0.639. The molecule has 21 heavy (non-hydrogen) atoms. The van der Waals surface area contributed by atoms with Crippen molar-refractivity contribution >= 4 is 6.09 Å². The topological polar surface area (TPSA) is 68.8 Å². The van der Waals surface area contributed by atoms with E-state index in [0.717, 1.165) is 6.42 Å². The molecule has 0 radical (unpaired) electrons. The summed E-state index contributed by atoms with van der Waals surface area (Å²) in [6.07, 6.45) is 0.255. The van der Waals surface area contributed by atoms with E-state index in [4.69, 9.17) is 14.2 Å². The van der Waals surface area contributed by atoms with Crippen molar-refractivity contribution in [1.29, 1.82) is 0 Å². The van der Waals surface area contributed by atoms with Crippen LogP contribution in [0.5, 0.6) is 0 Å². The van der Waals surface area contributed by atoms with Crippen LogP contribution in [0.3, 0.4) is 0 Å². The number of rotatable bonds is 9. The normalized spacial score (nSPS) is 13.6. The molecule has 0 spiro atoms. The van der Waals surface area contributed by atoms with Crippen LogP contribution in [0, 0.1) is 5.92 Å². The molecule has 0 aliphatic rings. The summed E-state index contributed by atoms with van der Waals surface area (Å²) >= 11 is 0. The van der Waals surface area contributed by atoms with Gasteiger partial charge < -0.3 is 24.8 Å². The van der Waals surface area contributed by atoms with Crippen LogP contribution >= 0.6 is 0 Å². The van der Waals surface area contributed by atoms with E-state index in [1.165, 1.54) is 0 Å². The zero-order valence-corrected chi connectivity index (χ0v) is 14.5. The van der Waals surface area contributed by atoms with Gasteiger partial charge in [-0.15, -0.1) is 0 Å². The van der Waals surface area contributed by atoms with Crippen LogP contribution in [-0.2, 0) is 14.2 Å². The first-order chi connectivity index (χ1) is 9.67. The van der Waals surface area contributed by atoms with Crippen LogP contribution in [0.4, 0.5) is 4.79 Å². The Hall–Kier alpha value is -0.850. The average Bonchev–Trinajstić information content (AvgIpc) is 2.34. The zero-order chi connectivity index (χ0) is 16.5. The van der Waals surface area contributed by atoms with Gasteiger partial charge in [0.1, 0.15) is 5.60 Å². The maximum Gasteiger partial charge on any atom is 0.407 e. The third kappa shape index (κ3) is 11.5. The Balaban J connectivity index is 4.26. The Morgan fingerprint density at radius 3 is 2.10 bits per heavy atom. The number of nitrogens with one attached hydrogen (secondary N) is 2. The Kier molecular flexibility index (Phi) is 9.57. The predicted octanol–water partition coefficient (Wildman–Crippen LogP) is 2.13. The predicted molar refractivity (Wildman–Crippen MR) is 83.3 cm³/mol. The summed E-state index contributed by atoms with van der Waals surface area (Å²) in [4.78, 5) is 11.7. The van der Waals surface area contributed by atoms with Gasteiger partial charge in [0, 0.05) is 33.4 Å². The molecule has 126 valence electrons. The van der Waals surface area contributed by atoms with Crippen molar-refractivity contribution < 1.29 is 19.0 Å². The summed E-state index contributed by atoms with van der Waals surface area (Å²) in [5, 5.41) is 6.15. The van der Waals surface area contributed by atoms with Gasteiger partial charge in [0.15, 0.2) is 6.29 Å². The summed E-state index contributed by atoms with van der Waals surface area (Å²) in [5.74, 6) is 0.520. The standard InChI is InChI=1S/C15H32N2O4/c1-11(2)8-12(16-10-13(19-6)20-7)9-17-14(18)21-15(3,4)5/h11-13,16H,8-10H2,1-7H3,(H,17,18). The van der Waals surface area contributed by atoms with Gasteiger partial charge in [-0.25, -0.2) is 4.79 Å². The Labute approximate surface area is 128 Å². The highest BCUT2D eigenvalue weighted by Gasteiger charge is 2.18. The van der Waals surface area contributed by atoms with Gasteiger partial charge in [0.25, 0.3) is 0 Å². The summed E-state index contributed by atoms with van der Waals surface area (Å²) in [6.45, 7) is 10.9. The molecule has 0 saturated carbocycles. The molecule has 1 atom stereocenters. The fourth-order valence-electron chi connectivity index (χ4n) is 1.85. The number of carbonyl (C=O) groups is 1. The van der Waals surface area contributed by atoms with Crippen LogP contribution in [0.1, 0.15) is 41.0 Å². The second-order valence-electron chi connectivity index (χ2n) is 6.52. The van der Waals surface area contributed by atoms with E-state index in [9.17, 15) is 4.79 Å². The highest BCUT2D eigenvalue weighted by atomic mass is 16.7. The lowest BCUT2D eigenvalue weighted by Crippen LogP contribution is -2.46. The van der Waals surface area contributed by atoms with Crippen molar-refractivity contribution in [1.82, 2.24) is 10.6 Å². The SMILES string of the molecule is COC(CNC(CNC(=O)OC(C)(C)C)CC(C)C)OC. The highest BCUT2D eigenvalue weighted by Crippen LogP contribution is 2.08. The molecule has 0 aromatic carbocycles. The summed E-state index contributed by atoms with van der Waals surface area (Å²) in [7, 11) is 3.21. The number of carbonyl (C=O) groups excluding carboxylic acids is 1. The van der Waals surface area contributed by atoms with E-state index in [1.54, 1.807) is 14.2 Å². The molecule has 0 aliphatic carbocycles. The Morgan fingerprint density at radius 2 is 1.67 bits per heavy atom. The van der Waals surface area contributed by atoms with Crippen molar-refractivity contribution in [2.75, 3.05) is 27.3 Å². The van der Waals surface area contributed by atoms with E-state index in [2.05, 4.69) is 24.5 Å². The molecule has 6 heteroatoms. The van der Waals surface area contributed by atoms with Crippen molar-refractivity contribution in [3.8, 4) is 0 Å². The number of amides is 1. The molecule has 0 aromatic rings. The molecular weight excluding hydrogens is 272 g/mol. The minimum absolute atomic E-state index is 0.144. The van der Waals surface area contributed by atoms with Crippen molar-refractivity contribution in [3.05, 3.63) is 0 Å².